The average molecular weight is 450 g/mol. The number of amides is 1. The van der Waals surface area contributed by atoms with Gasteiger partial charge in [0.05, 0.1) is 5.69 Å². The Kier molecular flexibility index (Phi) is 13.5. The third-order valence-electron chi connectivity index (χ3n) is 4.65. The van der Waals surface area contributed by atoms with Crippen LogP contribution in [0, 0.1) is 0 Å². The number of anilines is 1. The van der Waals surface area contributed by atoms with E-state index in [1.165, 1.54) is 0 Å². The normalized spacial score (nSPS) is 11.8. The Balaban J connectivity index is 0.00000243. The lowest BCUT2D eigenvalue weighted by Crippen LogP contribution is -2.30. The van der Waals surface area contributed by atoms with Gasteiger partial charge in [-0.15, -0.1) is 37.2 Å². The van der Waals surface area contributed by atoms with Crippen LogP contribution < -0.4 is 21.3 Å². The van der Waals surface area contributed by atoms with E-state index in [1.54, 1.807) is 0 Å². The van der Waals surface area contributed by atoms with Crippen LogP contribution in [0.2, 0.25) is 0 Å². The largest absolute Gasteiger partial charge is 0.330 e. The highest BCUT2D eigenvalue weighted by Crippen LogP contribution is 2.36. The summed E-state index contributed by atoms with van der Waals surface area (Å²) >= 11 is 0. The average Bonchev–Trinajstić information content (AvgIpc) is 2.91. The number of benzene rings is 2. The quantitative estimate of drug-likeness (QED) is 0.460. The van der Waals surface area contributed by atoms with Crippen molar-refractivity contribution in [3.8, 4) is 0 Å². The van der Waals surface area contributed by atoms with Gasteiger partial charge in [0.25, 0.3) is 5.91 Å². The summed E-state index contributed by atoms with van der Waals surface area (Å²) in [7, 11) is 0. The van der Waals surface area contributed by atoms with Crippen LogP contribution in [0.5, 0.6) is 0 Å². The maximum absolute atomic E-state index is 12.7. The van der Waals surface area contributed by atoms with Gasteiger partial charge in [-0.2, -0.15) is 0 Å². The second kappa shape index (κ2) is 14.0. The molecule has 2 aromatic rings. The molecule has 0 saturated carbocycles. The SMILES string of the molecule is Cl.Cl.Cl.NCCCNCCCNCCCN1C(=O)c2cccc3cccc1c23. The van der Waals surface area contributed by atoms with E-state index in [2.05, 4.69) is 28.8 Å². The second-order valence-corrected chi connectivity index (χ2v) is 6.49. The lowest BCUT2D eigenvalue weighted by atomic mass is 10.1. The molecule has 0 atom stereocenters. The van der Waals surface area contributed by atoms with Gasteiger partial charge in [-0.3, -0.25) is 4.79 Å². The van der Waals surface area contributed by atoms with Crippen LogP contribution in [0.25, 0.3) is 10.8 Å². The summed E-state index contributed by atoms with van der Waals surface area (Å²) in [5, 5.41) is 9.08. The molecule has 4 N–H and O–H groups in total. The summed E-state index contributed by atoms with van der Waals surface area (Å²) in [6.07, 6.45) is 3.10. The Morgan fingerprint density at radius 3 is 2.11 bits per heavy atom. The summed E-state index contributed by atoms with van der Waals surface area (Å²) in [6, 6.07) is 12.1. The summed E-state index contributed by atoms with van der Waals surface area (Å²) in [4.78, 5) is 14.6. The highest BCUT2D eigenvalue weighted by molar-refractivity contribution is 6.24. The molecule has 0 spiro atoms. The first-order valence-corrected chi connectivity index (χ1v) is 9.28. The van der Waals surface area contributed by atoms with E-state index in [9.17, 15) is 4.79 Å². The molecule has 1 heterocycles. The van der Waals surface area contributed by atoms with Crippen LogP contribution in [-0.2, 0) is 0 Å². The standard InChI is InChI=1S/C20H28N4O.3ClH/c21-10-3-11-22-12-4-13-23-14-5-15-24-18-9-2-7-16-6-1-8-17(19(16)18)20(24)25;;;/h1-2,6-9,22-23H,3-5,10-15,21H2;3*1H. The summed E-state index contributed by atoms with van der Waals surface area (Å²) in [5.41, 5.74) is 7.35. The van der Waals surface area contributed by atoms with Crippen molar-refractivity contribution in [1.29, 1.82) is 0 Å². The zero-order valence-electron chi connectivity index (χ0n) is 16.0. The maximum Gasteiger partial charge on any atom is 0.258 e. The molecule has 0 unspecified atom stereocenters. The number of halogens is 3. The molecule has 0 aromatic heterocycles. The number of nitrogens with two attached hydrogens (primary N) is 1. The summed E-state index contributed by atoms with van der Waals surface area (Å²) < 4.78 is 0. The van der Waals surface area contributed by atoms with Gasteiger partial charge >= 0.3 is 0 Å². The van der Waals surface area contributed by atoms with Gasteiger partial charge in [0.15, 0.2) is 0 Å². The zero-order chi connectivity index (χ0) is 17.5. The Labute approximate surface area is 186 Å². The molecule has 0 aliphatic carbocycles. The fourth-order valence-corrected chi connectivity index (χ4v) is 3.38. The van der Waals surface area contributed by atoms with E-state index in [4.69, 9.17) is 5.73 Å². The molecule has 8 heteroatoms. The number of hydrogen-bond donors (Lipinski definition) is 3. The monoisotopic (exact) mass is 448 g/mol. The number of hydrogen-bond acceptors (Lipinski definition) is 4. The van der Waals surface area contributed by atoms with Gasteiger partial charge < -0.3 is 21.3 Å². The third kappa shape index (κ3) is 6.48. The molecular formula is C20H31Cl3N4O. The van der Waals surface area contributed by atoms with Gasteiger partial charge in [0.2, 0.25) is 0 Å². The smallest absolute Gasteiger partial charge is 0.258 e. The van der Waals surface area contributed by atoms with Crippen LogP contribution in [0.1, 0.15) is 29.6 Å². The van der Waals surface area contributed by atoms with Crippen LogP contribution in [0.3, 0.4) is 0 Å². The van der Waals surface area contributed by atoms with Crippen LogP contribution in [0.4, 0.5) is 5.69 Å². The minimum atomic E-state index is 0. The number of carbonyl (C=O) groups is 1. The van der Waals surface area contributed by atoms with E-state index < -0.39 is 0 Å². The predicted molar refractivity (Wildman–Crippen MR) is 126 cm³/mol. The van der Waals surface area contributed by atoms with Gasteiger partial charge in [0.1, 0.15) is 0 Å². The van der Waals surface area contributed by atoms with Gasteiger partial charge in [0, 0.05) is 17.5 Å². The van der Waals surface area contributed by atoms with E-state index in [0.717, 1.165) is 80.6 Å². The molecule has 0 bridgehead atoms. The van der Waals surface area contributed by atoms with Crippen LogP contribution >= 0.6 is 37.2 Å². The van der Waals surface area contributed by atoms with Crippen molar-refractivity contribution in [1.82, 2.24) is 10.6 Å². The van der Waals surface area contributed by atoms with Crippen molar-refractivity contribution in [2.75, 3.05) is 44.2 Å². The summed E-state index contributed by atoms with van der Waals surface area (Å²) in [6.45, 7) is 5.46. The molecule has 28 heavy (non-hydrogen) atoms. The molecule has 5 nitrogen and oxygen atoms in total. The van der Waals surface area contributed by atoms with Crippen molar-refractivity contribution < 1.29 is 4.79 Å². The second-order valence-electron chi connectivity index (χ2n) is 6.49. The predicted octanol–water partition coefficient (Wildman–Crippen LogP) is 3.37. The molecule has 0 saturated heterocycles. The third-order valence-corrected chi connectivity index (χ3v) is 4.65. The number of rotatable bonds is 11. The molecule has 2 aromatic carbocycles. The van der Waals surface area contributed by atoms with E-state index >= 15 is 0 Å². The van der Waals surface area contributed by atoms with Crippen LogP contribution in [0.15, 0.2) is 36.4 Å². The first-order valence-electron chi connectivity index (χ1n) is 9.28. The lowest BCUT2D eigenvalue weighted by Gasteiger charge is -2.17. The van der Waals surface area contributed by atoms with Crippen molar-refractivity contribution in [2.45, 2.75) is 19.3 Å². The molecule has 3 rings (SSSR count). The highest BCUT2D eigenvalue weighted by atomic mass is 35.5. The molecule has 1 aliphatic heterocycles. The first kappa shape index (κ1) is 26.9. The van der Waals surface area contributed by atoms with Crippen molar-refractivity contribution in [2.24, 2.45) is 5.73 Å². The Hall–Kier alpha value is -1.08. The number of nitrogens with zero attached hydrogens (tertiary/aromatic N) is 1. The maximum atomic E-state index is 12.7. The van der Waals surface area contributed by atoms with Crippen molar-refractivity contribution in [3.63, 3.8) is 0 Å². The first-order chi connectivity index (χ1) is 12.3. The Morgan fingerprint density at radius 2 is 1.43 bits per heavy atom. The molecule has 158 valence electrons. The molecule has 1 aliphatic rings. The molecule has 1 amide bonds. The summed E-state index contributed by atoms with van der Waals surface area (Å²) in [5.74, 6) is 0.135. The Bertz CT molecular complexity index is 724. The minimum Gasteiger partial charge on any atom is -0.330 e. The number of nitrogens with one attached hydrogen (secondary N) is 2. The molecule has 0 fully saturated rings. The fourth-order valence-electron chi connectivity index (χ4n) is 3.38. The fraction of sp³-hybridized carbons (Fsp3) is 0.450. The van der Waals surface area contributed by atoms with E-state index in [1.807, 2.05) is 23.1 Å². The van der Waals surface area contributed by atoms with Crippen molar-refractivity contribution in [3.05, 3.63) is 42.0 Å². The van der Waals surface area contributed by atoms with Crippen LogP contribution in [-0.4, -0.2) is 45.2 Å². The highest BCUT2D eigenvalue weighted by Gasteiger charge is 2.28. The molecular weight excluding hydrogens is 419 g/mol. The lowest BCUT2D eigenvalue weighted by molar-refractivity contribution is 0.0993. The van der Waals surface area contributed by atoms with Gasteiger partial charge in [-0.25, -0.2) is 0 Å². The van der Waals surface area contributed by atoms with Gasteiger partial charge in [-0.1, -0.05) is 24.3 Å². The Morgan fingerprint density at radius 1 is 0.821 bits per heavy atom. The zero-order valence-corrected chi connectivity index (χ0v) is 18.4. The topological polar surface area (TPSA) is 70.4 Å². The van der Waals surface area contributed by atoms with E-state index in [-0.39, 0.29) is 43.1 Å². The van der Waals surface area contributed by atoms with E-state index in [0.29, 0.717) is 0 Å². The molecule has 0 radical (unpaired) electrons. The van der Waals surface area contributed by atoms with Gasteiger partial charge in [-0.05, 0) is 69.5 Å². The minimum absolute atomic E-state index is 0. The number of carbonyl (C=O) groups excluding carboxylic acids is 1. The van der Waals surface area contributed by atoms with Crippen molar-refractivity contribution >= 4 is 59.6 Å².